The number of H-pyrrole nitrogens is 2. The van der Waals surface area contributed by atoms with Gasteiger partial charge in [-0.05, 0) is 12.5 Å². The molecule has 3 heterocycles. The first kappa shape index (κ1) is 16.8. The summed E-state index contributed by atoms with van der Waals surface area (Å²) in [5.74, 6) is 0.0755. The molecule has 0 saturated carbocycles. The number of aromatic nitrogens is 5. The highest BCUT2D eigenvalue weighted by atomic mass is 16.3. The summed E-state index contributed by atoms with van der Waals surface area (Å²) < 4.78 is 2.87. The third kappa shape index (κ3) is 2.62. The normalized spacial score (nSPS) is 11.9. The van der Waals surface area contributed by atoms with Crippen LogP contribution in [0.2, 0.25) is 0 Å². The van der Waals surface area contributed by atoms with Gasteiger partial charge in [0.15, 0.2) is 16.9 Å². The van der Waals surface area contributed by atoms with Gasteiger partial charge in [0.05, 0.1) is 5.52 Å². The zero-order chi connectivity index (χ0) is 19.1. The molecule has 0 saturated heterocycles. The Balaban J connectivity index is 1.92. The molecule has 10 nitrogen and oxygen atoms in total. The molecule has 0 spiro atoms. The molecule has 138 valence electrons. The zero-order valence-corrected chi connectivity index (χ0v) is 14.7. The first-order chi connectivity index (χ1) is 13.0. The molecule has 0 amide bonds. The van der Waals surface area contributed by atoms with Crippen molar-refractivity contribution in [1.82, 2.24) is 24.1 Å². The van der Waals surface area contributed by atoms with Crippen LogP contribution >= 0.6 is 0 Å². The van der Waals surface area contributed by atoms with Crippen LogP contribution in [0.4, 0.5) is 11.6 Å². The summed E-state index contributed by atoms with van der Waals surface area (Å²) in [7, 11) is 1.52. The molecule has 0 bridgehead atoms. The van der Waals surface area contributed by atoms with Crippen molar-refractivity contribution in [3.05, 3.63) is 45.1 Å². The Labute approximate surface area is 151 Å². The number of fused-ring (bicyclic) bond motifs is 2. The molecule has 4 aromatic rings. The summed E-state index contributed by atoms with van der Waals surface area (Å²) in [6.07, 6.45) is 0.731. The highest BCUT2D eigenvalue weighted by molar-refractivity contribution is 5.94. The number of nitrogens with one attached hydrogen (secondary N) is 2. The lowest BCUT2D eigenvalue weighted by Gasteiger charge is -2.03. The number of imidazole rings is 1. The van der Waals surface area contributed by atoms with Crippen molar-refractivity contribution in [2.45, 2.75) is 19.9 Å². The van der Waals surface area contributed by atoms with Gasteiger partial charge in [0.2, 0.25) is 5.88 Å². The van der Waals surface area contributed by atoms with Crippen LogP contribution in [0.1, 0.15) is 13.3 Å². The van der Waals surface area contributed by atoms with Crippen molar-refractivity contribution >= 4 is 33.7 Å². The molecule has 0 aliphatic rings. The topological polar surface area (TPSA) is 133 Å². The Kier molecular flexibility index (Phi) is 3.87. The summed E-state index contributed by atoms with van der Waals surface area (Å²) in [4.78, 5) is 33.5. The van der Waals surface area contributed by atoms with E-state index >= 15 is 0 Å². The molecule has 3 aromatic heterocycles. The van der Waals surface area contributed by atoms with Gasteiger partial charge in [-0.15, -0.1) is 10.2 Å². The average Bonchev–Trinajstić information content (AvgIpc) is 3.16. The van der Waals surface area contributed by atoms with Crippen LogP contribution in [-0.4, -0.2) is 29.2 Å². The van der Waals surface area contributed by atoms with Crippen LogP contribution in [-0.2, 0) is 13.6 Å². The Morgan fingerprint density at radius 2 is 1.96 bits per heavy atom. The van der Waals surface area contributed by atoms with Gasteiger partial charge in [-0.2, -0.15) is 4.98 Å². The molecule has 10 heteroatoms. The van der Waals surface area contributed by atoms with Crippen LogP contribution in [0.5, 0.6) is 5.88 Å². The molecular weight excluding hydrogens is 350 g/mol. The van der Waals surface area contributed by atoms with Gasteiger partial charge in [0, 0.05) is 19.0 Å². The summed E-state index contributed by atoms with van der Waals surface area (Å²) in [5.41, 5.74) is 0.426. The molecule has 0 radical (unpaired) electrons. The van der Waals surface area contributed by atoms with Crippen LogP contribution in [0.25, 0.3) is 22.1 Å². The Bertz CT molecular complexity index is 1310. The van der Waals surface area contributed by atoms with E-state index < -0.39 is 11.2 Å². The SMILES string of the molecule is CCCn1c(N=Nc2c(O)[nH]c3ccccc23)nc2c1c(=O)[nH]c(=O)n2C. The molecule has 1 aromatic carbocycles. The number of hydrogen-bond donors (Lipinski definition) is 3. The summed E-state index contributed by atoms with van der Waals surface area (Å²) in [5, 5.41) is 19.1. The Morgan fingerprint density at radius 1 is 1.19 bits per heavy atom. The van der Waals surface area contributed by atoms with Gasteiger partial charge in [-0.3, -0.25) is 14.3 Å². The van der Waals surface area contributed by atoms with Crippen LogP contribution in [0.15, 0.2) is 44.1 Å². The van der Waals surface area contributed by atoms with E-state index in [1.165, 1.54) is 11.6 Å². The van der Waals surface area contributed by atoms with Gasteiger partial charge in [0.1, 0.15) is 0 Å². The molecular formula is C17H17N7O3. The second kappa shape index (κ2) is 6.24. The number of aromatic hydroxyl groups is 1. The summed E-state index contributed by atoms with van der Waals surface area (Å²) in [6, 6.07) is 7.29. The number of benzene rings is 1. The van der Waals surface area contributed by atoms with Crippen molar-refractivity contribution in [3.8, 4) is 5.88 Å². The van der Waals surface area contributed by atoms with E-state index in [-0.39, 0.29) is 28.7 Å². The van der Waals surface area contributed by atoms with E-state index in [9.17, 15) is 14.7 Å². The van der Waals surface area contributed by atoms with E-state index in [4.69, 9.17) is 0 Å². The van der Waals surface area contributed by atoms with Gasteiger partial charge >= 0.3 is 5.69 Å². The number of nitrogens with zero attached hydrogens (tertiary/aromatic N) is 5. The molecule has 0 unspecified atom stereocenters. The predicted molar refractivity (Wildman–Crippen MR) is 100 cm³/mol. The molecule has 0 fully saturated rings. The van der Waals surface area contributed by atoms with Crippen LogP contribution < -0.4 is 11.2 Å². The van der Waals surface area contributed by atoms with E-state index in [2.05, 4.69) is 25.2 Å². The lowest BCUT2D eigenvalue weighted by molar-refractivity contribution is 0.459. The number of azo groups is 1. The third-order valence-electron chi connectivity index (χ3n) is 4.33. The maximum atomic E-state index is 12.3. The van der Waals surface area contributed by atoms with Crippen molar-refractivity contribution < 1.29 is 5.11 Å². The van der Waals surface area contributed by atoms with Crippen molar-refractivity contribution in [3.63, 3.8) is 0 Å². The number of hydrogen-bond acceptors (Lipinski definition) is 6. The fourth-order valence-corrected chi connectivity index (χ4v) is 3.04. The van der Waals surface area contributed by atoms with Crippen molar-refractivity contribution in [2.75, 3.05) is 0 Å². The Hall–Kier alpha value is -3.69. The smallest absolute Gasteiger partial charge is 0.329 e. The molecule has 0 aliphatic heterocycles. The molecule has 27 heavy (non-hydrogen) atoms. The lowest BCUT2D eigenvalue weighted by atomic mass is 10.2. The second-order valence-corrected chi connectivity index (χ2v) is 6.12. The minimum atomic E-state index is -0.550. The second-order valence-electron chi connectivity index (χ2n) is 6.12. The minimum Gasteiger partial charge on any atom is -0.493 e. The zero-order valence-electron chi connectivity index (χ0n) is 14.7. The number of aryl methyl sites for hydroxylation is 2. The van der Waals surface area contributed by atoms with Crippen molar-refractivity contribution in [2.24, 2.45) is 17.3 Å². The van der Waals surface area contributed by atoms with Gasteiger partial charge in [0.25, 0.3) is 11.5 Å². The van der Waals surface area contributed by atoms with E-state index in [1.54, 1.807) is 4.57 Å². The third-order valence-corrected chi connectivity index (χ3v) is 4.33. The highest BCUT2D eigenvalue weighted by Crippen LogP contribution is 2.36. The van der Waals surface area contributed by atoms with Gasteiger partial charge in [-0.25, -0.2) is 4.79 Å². The quantitative estimate of drug-likeness (QED) is 0.478. The molecule has 3 N–H and O–H groups in total. The van der Waals surface area contributed by atoms with Gasteiger partial charge in [-0.1, -0.05) is 25.1 Å². The fraction of sp³-hybridized carbons (Fsp3) is 0.235. The molecule has 4 rings (SSSR count). The first-order valence-corrected chi connectivity index (χ1v) is 8.42. The average molecular weight is 367 g/mol. The largest absolute Gasteiger partial charge is 0.493 e. The maximum absolute atomic E-state index is 12.3. The summed E-state index contributed by atoms with van der Waals surface area (Å²) >= 11 is 0. The lowest BCUT2D eigenvalue weighted by Crippen LogP contribution is -2.29. The van der Waals surface area contributed by atoms with E-state index in [0.717, 1.165) is 11.9 Å². The van der Waals surface area contributed by atoms with Crippen molar-refractivity contribution in [1.29, 1.82) is 0 Å². The number of aromatic amines is 2. The highest BCUT2D eigenvalue weighted by Gasteiger charge is 2.17. The van der Waals surface area contributed by atoms with E-state index in [0.29, 0.717) is 11.9 Å². The van der Waals surface area contributed by atoms with Crippen LogP contribution in [0, 0.1) is 0 Å². The Morgan fingerprint density at radius 3 is 2.74 bits per heavy atom. The fourth-order valence-electron chi connectivity index (χ4n) is 3.04. The van der Waals surface area contributed by atoms with Gasteiger partial charge < -0.3 is 14.7 Å². The standard InChI is InChI=1S/C17H17N7O3/c1-3-8-24-12-13(23(2)17(27)20-15(12)26)19-16(24)22-21-11-9-6-4-5-7-10(9)18-14(11)25/h4-7,18,25H,3,8H2,1-2H3,(H,20,26,27). The van der Waals surface area contributed by atoms with Crippen LogP contribution in [0.3, 0.4) is 0 Å². The summed E-state index contributed by atoms with van der Waals surface area (Å²) in [6.45, 7) is 2.43. The molecule has 0 atom stereocenters. The monoisotopic (exact) mass is 367 g/mol. The van der Waals surface area contributed by atoms with E-state index in [1.807, 2.05) is 31.2 Å². The minimum absolute atomic E-state index is 0.108. The molecule has 0 aliphatic carbocycles. The number of rotatable bonds is 4. The predicted octanol–water partition coefficient (Wildman–Crippen LogP) is 2.44. The maximum Gasteiger partial charge on any atom is 0.329 e. The number of para-hydroxylation sites is 1. The first-order valence-electron chi connectivity index (χ1n) is 8.42.